The van der Waals surface area contributed by atoms with Crippen LogP contribution >= 0.6 is 11.6 Å². The van der Waals surface area contributed by atoms with Crippen LogP contribution in [0.2, 0.25) is 0 Å². The van der Waals surface area contributed by atoms with Crippen LogP contribution in [0.3, 0.4) is 0 Å². The summed E-state index contributed by atoms with van der Waals surface area (Å²) in [6.07, 6.45) is 3.64. The van der Waals surface area contributed by atoms with E-state index in [9.17, 15) is 0 Å². The fourth-order valence-electron chi connectivity index (χ4n) is 3.25. The summed E-state index contributed by atoms with van der Waals surface area (Å²) in [6, 6.07) is 11.3. The maximum absolute atomic E-state index is 6.11. The third kappa shape index (κ3) is 3.48. The number of nitrogens with zero attached hydrogens (tertiary/aromatic N) is 1. The summed E-state index contributed by atoms with van der Waals surface area (Å²) in [6.45, 7) is 3.47. The fraction of sp³-hybridized carbons (Fsp3) is 0.600. The Kier molecular flexibility index (Phi) is 4.38. The van der Waals surface area contributed by atoms with E-state index in [0.29, 0.717) is 12.0 Å². The van der Waals surface area contributed by atoms with Crippen molar-refractivity contribution < 1.29 is 0 Å². The Balaban J connectivity index is 1.56. The summed E-state index contributed by atoms with van der Waals surface area (Å²) in [5, 5.41) is 0. The lowest BCUT2D eigenvalue weighted by Gasteiger charge is -2.35. The van der Waals surface area contributed by atoms with Gasteiger partial charge in [-0.3, -0.25) is 10.3 Å². The van der Waals surface area contributed by atoms with E-state index in [0.717, 1.165) is 13.0 Å². The number of rotatable bonds is 3. The minimum atomic E-state index is 0.0921. The first-order chi connectivity index (χ1) is 9.31. The first-order valence-electron chi connectivity index (χ1n) is 7.22. The van der Waals surface area contributed by atoms with Crippen molar-refractivity contribution in [1.82, 2.24) is 15.8 Å². The van der Waals surface area contributed by atoms with Crippen LogP contribution in [0, 0.1) is 5.92 Å². The molecule has 2 aliphatic heterocycles. The number of alkyl halides is 1. The maximum Gasteiger partial charge on any atom is 0.0967 e. The van der Waals surface area contributed by atoms with Gasteiger partial charge in [0.15, 0.2) is 0 Å². The number of nitrogens with one attached hydrogen (secondary N) is 2. The largest absolute Gasteiger partial charge is 0.299 e. The molecule has 3 atom stereocenters. The highest BCUT2D eigenvalue weighted by atomic mass is 35.5. The zero-order valence-corrected chi connectivity index (χ0v) is 11.9. The van der Waals surface area contributed by atoms with E-state index in [4.69, 9.17) is 11.6 Å². The van der Waals surface area contributed by atoms with Crippen molar-refractivity contribution in [2.45, 2.75) is 37.4 Å². The first-order valence-corrected chi connectivity index (χ1v) is 7.66. The smallest absolute Gasteiger partial charge is 0.0967 e. The van der Waals surface area contributed by atoms with Gasteiger partial charge in [-0.1, -0.05) is 30.3 Å². The number of hydrazine groups is 1. The van der Waals surface area contributed by atoms with Gasteiger partial charge in [0.2, 0.25) is 0 Å². The number of piperidine rings is 1. The molecule has 2 aliphatic rings. The average Bonchev–Trinajstić information content (AvgIpc) is 2.87. The van der Waals surface area contributed by atoms with Crippen molar-refractivity contribution in [2.75, 3.05) is 13.1 Å². The second-order valence-electron chi connectivity index (χ2n) is 5.72. The maximum atomic E-state index is 6.11. The SMILES string of the molecule is ClC1CC(C2CCCN(Cc3ccccc3)C2)NN1. The molecule has 2 N–H and O–H groups in total. The molecule has 0 aliphatic carbocycles. The third-order valence-corrected chi connectivity index (χ3v) is 4.53. The summed E-state index contributed by atoms with van der Waals surface area (Å²) in [7, 11) is 0. The summed E-state index contributed by atoms with van der Waals surface area (Å²) in [5.74, 6) is 0.716. The highest BCUT2D eigenvalue weighted by Crippen LogP contribution is 2.25. The molecule has 4 heteroatoms. The van der Waals surface area contributed by atoms with Crippen LogP contribution in [0.5, 0.6) is 0 Å². The molecule has 19 heavy (non-hydrogen) atoms. The molecule has 2 fully saturated rings. The lowest BCUT2D eigenvalue weighted by atomic mass is 9.89. The molecule has 3 unspecified atom stereocenters. The van der Waals surface area contributed by atoms with Crippen LogP contribution in [-0.2, 0) is 6.54 Å². The summed E-state index contributed by atoms with van der Waals surface area (Å²) >= 11 is 6.11. The zero-order valence-electron chi connectivity index (χ0n) is 11.2. The van der Waals surface area contributed by atoms with Crippen LogP contribution in [-0.4, -0.2) is 29.5 Å². The topological polar surface area (TPSA) is 27.3 Å². The van der Waals surface area contributed by atoms with Gasteiger partial charge < -0.3 is 0 Å². The van der Waals surface area contributed by atoms with Gasteiger partial charge in [-0.2, -0.15) is 0 Å². The Labute approximate surface area is 120 Å². The molecular weight excluding hydrogens is 258 g/mol. The molecule has 1 aromatic rings. The Bertz CT molecular complexity index is 398. The van der Waals surface area contributed by atoms with Crippen molar-refractivity contribution >= 4 is 11.6 Å². The molecule has 0 spiro atoms. The highest BCUT2D eigenvalue weighted by Gasteiger charge is 2.32. The van der Waals surface area contributed by atoms with E-state index in [1.165, 1.54) is 31.5 Å². The second-order valence-corrected chi connectivity index (χ2v) is 6.25. The quantitative estimate of drug-likeness (QED) is 0.657. The standard InChI is InChI=1S/C15H22ClN3/c16-15-9-14(17-18-15)13-7-4-8-19(11-13)10-12-5-2-1-3-6-12/h1-3,5-6,13-15,17-18H,4,7-11H2. The summed E-state index contributed by atoms with van der Waals surface area (Å²) in [4.78, 5) is 2.58. The number of hydrogen-bond acceptors (Lipinski definition) is 3. The van der Waals surface area contributed by atoms with Crippen molar-refractivity contribution in [2.24, 2.45) is 5.92 Å². The molecule has 2 heterocycles. The molecule has 0 bridgehead atoms. The van der Waals surface area contributed by atoms with Crippen LogP contribution in [0.1, 0.15) is 24.8 Å². The van der Waals surface area contributed by atoms with Gasteiger partial charge >= 0.3 is 0 Å². The van der Waals surface area contributed by atoms with Gasteiger partial charge in [0.25, 0.3) is 0 Å². The summed E-state index contributed by atoms with van der Waals surface area (Å²) in [5.41, 5.74) is 7.99. The van der Waals surface area contributed by atoms with Gasteiger partial charge in [0, 0.05) is 19.1 Å². The van der Waals surface area contributed by atoms with Gasteiger partial charge in [-0.15, -0.1) is 11.6 Å². The highest BCUT2D eigenvalue weighted by molar-refractivity contribution is 6.20. The number of halogens is 1. The van der Waals surface area contributed by atoms with Gasteiger partial charge in [-0.05, 0) is 37.3 Å². The molecule has 2 saturated heterocycles. The van der Waals surface area contributed by atoms with Crippen LogP contribution in [0.4, 0.5) is 0 Å². The van der Waals surface area contributed by atoms with E-state index in [-0.39, 0.29) is 5.50 Å². The normalized spacial score (nSPS) is 32.6. The first kappa shape index (κ1) is 13.4. The van der Waals surface area contributed by atoms with Crippen LogP contribution in [0.25, 0.3) is 0 Å². The average molecular weight is 280 g/mol. The zero-order chi connectivity index (χ0) is 13.1. The summed E-state index contributed by atoms with van der Waals surface area (Å²) < 4.78 is 0. The molecule has 3 rings (SSSR count). The van der Waals surface area contributed by atoms with Crippen LogP contribution in [0.15, 0.2) is 30.3 Å². The molecule has 1 aromatic carbocycles. The minimum absolute atomic E-state index is 0.0921. The van der Waals surface area contributed by atoms with E-state index < -0.39 is 0 Å². The third-order valence-electron chi connectivity index (χ3n) is 4.25. The number of hydrogen-bond donors (Lipinski definition) is 2. The molecule has 0 amide bonds. The molecule has 0 radical (unpaired) electrons. The fourth-order valence-corrected chi connectivity index (χ4v) is 3.51. The van der Waals surface area contributed by atoms with E-state index >= 15 is 0 Å². The van der Waals surface area contributed by atoms with Gasteiger partial charge in [0.1, 0.15) is 0 Å². The van der Waals surface area contributed by atoms with Crippen LogP contribution < -0.4 is 10.9 Å². The van der Waals surface area contributed by atoms with E-state index in [2.05, 4.69) is 46.1 Å². The predicted molar refractivity (Wildman–Crippen MR) is 78.8 cm³/mol. The monoisotopic (exact) mass is 279 g/mol. The Morgan fingerprint density at radius 2 is 2.05 bits per heavy atom. The number of benzene rings is 1. The van der Waals surface area contributed by atoms with Crippen molar-refractivity contribution in [1.29, 1.82) is 0 Å². The predicted octanol–water partition coefficient (Wildman–Crippen LogP) is 2.33. The second kappa shape index (κ2) is 6.23. The molecule has 0 aromatic heterocycles. The molecule has 0 saturated carbocycles. The van der Waals surface area contributed by atoms with Gasteiger partial charge in [-0.25, -0.2) is 5.43 Å². The van der Waals surface area contributed by atoms with Crippen molar-refractivity contribution in [3.8, 4) is 0 Å². The van der Waals surface area contributed by atoms with E-state index in [1.54, 1.807) is 0 Å². The Hall–Kier alpha value is -0.610. The van der Waals surface area contributed by atoms with Crippen molar-refractivity contribution in [3.05, 3.63) is 35.9 Å². The van der Waals surface area contributed by atoms with Gasteiger partial charge in [0.05, 0.1) is 5.50 Å². The molecular formula is C15H22ClN3. The molecule has 3 nitrogen and oxygen atoms in total. The van der Waals surface area contributed by atoms with Crippen molar-refractivity contribution in [3.63, 3.8) is 0 Å². The number of likely N-dealkylation sites (tertiary alicyclic amines) is 1. The molecule has 104 valence electrons. The lowest BCUT2D eigenvalue weighted by Crippen LogP contribution is -2.44. The van der Waals surface area contributed by atoms with E-state index in [1.807, 2.05) is 0 Å². The minimum Gasteiger partial charge on any atom is -0.299 e. The lowest BCUT2D eigenvalue weighted by molar-refractivity contribution is 0.143. The Morgan fingerprint density at radius 3 is 2.79 bits per heavy atom. The Morgan fingerprint density at radius 1 is 1.21 bits per heavy atom.